The van der Waals surface area contributed by atoms with Crippen LogP contribution in [-0.2, 0) is 11.2 Å². The fourth-order valence-electron chi connectivity index (χ4n) is 2.98. The number of pyridine rings is 2. The molecule has 0 spiro atoms. The molecule has 1 aliphatic heterocycles. The summed E-state index contributed by atoms with van der Waals surface area (Å²) in [7, 11) is 0. The normalized spacial score (nSPS) is 17.9. The number of carbonyl (C=O) groups is 1. The number of Topliss-reactive ketones (excluding diaryl/α,β-unsaturated/α-hetero) is 1. The van der Waals surface area contributed by atoms with Gasteiger partial charge in [-0.25, -0.2) is 0 Å². The Morgan fingerprint density at radius 1 is 1.39 bits per heavy atom. The Labute approximate surface area is 141 Å². The maximum atomic E-state index is 12.4. The van der Waals surface area contributed by atoms with Crippen LogP contribution in [0.25, 0.3) is 11.1 Å². The monoisotopic (exact) mass is 329 g/mol. The highest BCUT2D eigenvalue weighted by atomic mass is 35.5. The maximum absolute atomic E-state index is 12.4. The molecule has 1 N–H and O–H groups in total. The smallest absolute Gasteiger partial charge is 0.143 e. The van der Waals surface area contributed by atoms with Crippen molar-refractivity contribution in [3.05, 3.63) is 47.0 Å². The average Bonchev–Trinajstić information content (AvgIpc) is 2.58. The van der Waals surface area contributed by atoms with E-state index in [2.05, 4.69) is 15.3 Å². The number of hydrogen-bond acceptors (Lipinski definition) is 4. The molecule has 1 saturated heterocycles. The molecule has 1 fully saturated rings. The zero-order chi connectivity index (χ0) is 16.2. The van der Waals surface area contributed by atoms with Gasteiger partial charge in [-0.1, -0.05) is 11.6 Å². The number of nitrogens with zero attached hydrogens (tertiary/aromatic N) is 2. The first-order valence-corrected chi connectivity index (χ1v) is 8.32. The van der Waals surface area contributed by atoms with Crippen LogP contribution in [0.15, 0.2) is 30.7 Å². The van der Waals surface area contributed by atoms with Crippen molar-refractivity contribution >= 4 is 17.4 Å². The summed E-state index contributed by atoms with van der Waals surface area (Å²) in [4.78, 5) is 20.9. The second-order valence-electron chi connectivity index (χ2n) is 6.03. The van der Waals surface area contributed by atoms with Crippen LogP contribution in [0, 0.1) is 12.8 Å². The molecular weight excluding hydrogens is 310 g/mol. The van der Waals surface area contributed by atoms with Crippen molar-refractivity contribution < 1.29 is 4.79 Å². The van der Waals surface area contributed by atoms with Crippen LogP contribution in [0.5, 0.6) is 0 Å². The minimum absolute atomic E-state index is 0.102. The molecule has 0 radical (unpaired) electrons. The number of piperidine rings is 1. The van der Waals surface area contributed by atoms with Crippen molar-refractivity contribution in [2.45, 2.75) is 26.2 Å². The van der Waals surface area contributed by atoms with Gasteiger partial charge in [0.25, 0.3) is 0 Å². The first-order valence-electron chi connectivity index (χ1n) is 7.94. The topological polar surface area (TPSA) is 54.9 Å². The highest BCUT2D eigenvalue weighted by Gasteiger charge is 2.21. The van der Waals surface area contributed by atoms with Gasteiger partial charge in [-0.05, 0) is 44.0 Å². The Morgan fingerprint density at radius 3 is 3.00 bits per heavy atom. The summed E-state index contributed by atoms with van der Waals surface area (Å²) in [6.07, 6.45) is 7.57. The molecule has 2 aromatic rings. The minimum Gasteiger partial charge on any atom is -0.316 e. The van der Waals surface area contributed by atoms with Gasteiger partial charge in [0.05, 0.1) is 5.02 Å². The molecule has 0 unspecified atom stereocenters. The van der Waals surface area contributed by atoms with E-state index in [9.17, 15) is 4.79 Å². The van der Waals surface area contributed by atoms with Crippen molar-refractivity contribution in [3.8, 4) is 11.1 Å². The van der Waals surface area contributed by atoms with Crippen LogP contribution in [0.4, 0.5) is 0 Å². The fraction of sp³-hybridized carbons (Fsp3) is 0.389. The number of aromatic nitrogens is 2. The van der Waals surface area contributed by atoms with E-state index in [1.165, 1.54) is 0 Å². The lowest BCUT2D eigenvalue weighted by molar-refractivity contribution is -0.122. The quantitative estimate of drug-likeness (QED) is 0.935. The van der Waals surface area contributed by atoms with Crippen LogP contribution in [-0.4, -0.2) is 28.8 Å². The molecule has 0 bridgehead atoms. The lowest BCUT2D eigenvalue weighted by Gasteiger charge is -2.21. The largest absolute Gasteiger partial charge is 0.316 e. The number of nitrogens with one attached hydrogen (secondary N) is 1. The summed E-state index contributed by atoms with van der Waals surface area (Å²) in [6, 6.07) is 3.87. The summed E-state index contributed by atoms with van der Waals surface area (Å²) >= 11 is 6.30. The fourth-order valence-corrected chi connectivity index (χ4v) is 3.19. The highest BCUT2D eigenvalue weighted by molar-refractivity contribution is 6.33. The molecule has 5 heteroatoms. The third-order valence-corrected chi connectivity index (χ3v) is 4.65. The van der Waals surface area contributed by atoms with E-state index < -0.39 is 0 Å². The Bertz CT molecular complexity index is 711. The van der Waals surface area contributed by atoms with Crippen LogP contribution in [0.1, 0.15) is 24.1 Å². The van der Waals surface area contributed by atoms with E-state index in [1.807, 2.05) is 19.1 Å². The molecule has 0 amide bonds. The lowest BCUT2D eigenvalue weighted by Crippen LogP contribution is -2.35. The van der Waals surface area contributed by atoms with E-state index in [0.717, 1.165) is 48.3 Å². The van der Waals surface area contributed by atoms with Gasteiger partial charge in [0.1, 0.15) is 5.78 Å². The van der Waals surface area contributed by atoms with E-state index in [0.29, 0.717) is 11.4 Å². The SMILES string of the molecule is Cc1ccncc1-c1cc(CC(=O)[C@@H]2CCCNC2)ncc1Cl. The molecule has 0 aliphatic carbocycles. The summed E-state index contributed by atoms with van der Waals surface area (Å²) < 4.78 is 0. The Balaban J connectivity index is 1.83. The van der Waals surface area contributed by atoms with Crippen LogP contribution in [0.3, 0.4) is 0 Å². The summed E-state index contributed by atoms with van der Waals surface area (Å²) in [5, 5.41) is 3.86. The third kappa shape index (κ3) is 3.77. The van der Waals surface area contributed by atoms with E-state index in [4.69, 9.17) is 11.6 Å². The standard InChI is InChI=1S/C18H20ClN3O/c1-12-4-6-21-10-16(12)15-7-14(22-11-17(15)19)8-18(23)13-3-2-5-20-9-13/h4,6-7,10-11,13,20H,2-3,5,8-9H2,1H3/t13-/m1/s1. The Morgan fingerprint density at radius 2 is 2.26 bits per heavy atom. The van der Waals surface area contributed by atoms with Crippen molar-refractivity contribution in [1.82, 2.24) is 15.3 Å². The predicted octanol–water partition coefficient (Wildman–Crippen LogP) is 3.22. The molecule has 3 rings (SSSR count). The molecule has 1 aliphatic rings. The number of hydrogen-bond donors (Lipinski definition) is 1. The minimum atomic E-state index is 0.102. The van der Waals surface area contributed by atoms with Gasteiger partial charge in [-0.2, -0.15) is 0 Å². The molecular formula is C18H20ClN3O. The van der Waals surface area contributed by atoms with Crippen LogP contribution >= 0.6 is 11.6 Å². The molecule has 3 heterocycles. The molecule has 2 aromatic heterocycles. The van der Waals surface area contributed by atoms with Crippen LogP contribution in [0.2, 0.25) is 5.02 Å². The molecule has 4 nitrogen and oxygen atoms in total. The first kappa shape index (κ1) is 16.1. The molecule has 120 valence electrons. The van der Waals surface area contributed by atoms with Gasteiger partial charge in [0, 0.05) is 54.3 Å². The van der Waals surface area contributed by atoms with Crippen molar-refractivity contribution in [2.75, 3.05) is 13.1 Å². The lowest BCUT2D eigenvalue weighted by atomic mass is 9.92. The molecule has 0 aromatic carbocycles. The van der Waals surface area contributed by atoms with Gasteiger partial charge >= 0.3 is 0 Å². The summed E-state index contributed by atoms with van der Waals surface area (Å²) in [5.74, 6) is 0.352. The van der Waals surface area contributed by atoms with Crippen molar-refractivity contribution in [2.24, 2.45) is 5.92 Å². The van der Waals surface area contributed by atoms with Crippen molar-refractivity contribution in [1.29, 1.82) is 0 Å². The molecule has 23 heavy (non-hydrogen) atoms. The zero-order valence-corrected chi connectivity index (χ0v) is 13.9. The Hall–Kier alpha value is -1.78. The van der Waals surface area contributed by atoms with Gasteiger partial charge < -0.3 is 5.32 Å². The molecule has 0 saturated carbocycles. The van der Waals surface area contributed by atoms with Crippen LogP contribution < -0.4 is 5.32 Å². The summed E-state index contributed by atoms with van der Waals surface area (Å²) in [6.45, 7) is 3.81. The third-order valence-electron chi connectivity index (χ3n) is 4.35. The predicted molar refractivity (Wildman–Crippen MR) is 91.5 cm³/mol. The summed E-state index contributed by atoms with van der Waals surface area (Å²) in [5.41, 5.74) is 3.73. The van der Waals surface area contributed by atoms with Gasteiger partial charge in [0.2, 0.25) is 0 Å². The Kier molecular flexibility index (Phi) is 5.03. The number of aryl methyl sites for hydroxylation is 1. The second-order valence-corrected chi connectivity index (χ2v) is 6.44. The number of halogens is 1. The van der Waals surface area contributed by atoms with Gasteiger partial charge in [-0.3, -0.25) is 14.8 Å². The van der Waals surface area contributed by atoms with E-state index in [1.54, 1.807) is 18.6 Å². The first-order chi connectivity index (χ1) is 11.1. The highest BCUT2D eigenvalue weighted by Crippen LogP contribution is 2.30. The molecule has 1 atom stereocenters. The number of rotatable bonds is 4. The zero-order valence-electron chi connectivity index (χ0n) is 13.2. The number of carbonyl (C=O) groups excluding carboxylic acids is 1. The van der Waals surface area contributed by atoms with Gasteiger partial charge in [0.15, 0.2) is 0 Å². The van der Waals surface area contributed by atoms with Gasteiger partial charge in [-0.15, -0.1) is 0 Å². The van der Waals surface area contributed by atoms with E-state index >= 15 is 0 Å². The van der Waals surface area contributed by atoms with Crippen molar-refractivity contribution in [3.63, 3.8) is 0 Å². The number of ketones is 1. The average molecular weight is 330 g/mol. The maximum Gasteiger partial charge on any atom is 0.143 e. The van der Waals surface area contributed by atoms with E-state index in [-0.39, 0.29) is 11.7 Å². The second kappa shape index (κ2) is 7.20.